The number of aromatic nitrogens is 2. The molecule has 0 radical (unpaired) electrons. The lowest BCUT2D eigenvalue weighted by atomic mass is 9.94. The molecule has 1 saturated heterocycles. The molecule has 4 nitrogen and oxygen atoms in total. The third-order valence-electron chi connectivity index (χ3n) is 5.57. The van der Waals surface area contributed by atoms with Gasteiger partial charge >= 0.3 is 0 Å². The van der Waals surface area contributed by atoms with Gasteiger partial charge in [0.2, 0.25) is 0 Å². The van der Waals surface area contributed by atoms with Crippen LogP contribution in [0.2, 0.25) is 0 Å². The molecule has 28 heavy (non-hydrogen) atoms. The Morgan fingerprint density at radius 1 is 0.964 bits per heavy atom. The lowest BCUT2D eigenvalue weighted by Gasteiger charge is -2.32. The number of aliphatic hydroxyl groups is 1. The Morgan fingerprint density at radius 2 is 1.79 bits per heavy atom. The highest BCUT2D eigenvalue weighted by Gasteiger charge is 2.22. The van der Waals surface area contributed by atoms with Gasteiger partial charge in [-0.05, 0) is 36.9 Å². The van der Waals surface area contributed by atoms with Crippen molar-refractivity contribution in [3.63, 3.8) is 0 Å². The van der Waals surface area contributed by atoms with Crippen LogP contribution in [-0.2, 0) is 13.0 Å². The van der Waals surface area contributed by atoms with E-state index in [1.807, 2.05) is 36.7 Å². The lowest BCUT2D eigenvalue weighted by molar-refractivity contribution is 0.208. The fourth-order valence-electron chi connectivity index (χ4n) is 3.93. The van der Waals surface area contributed by atoms with E-state index in [9.17, 15) is 5.11 Å². The smallest absolute Gasteiger partial charge is 0.0888 e. The summed E-state index contributed by atoms with van der Waals surface area (Å²) in [6, 6.07) is 18.6. The van der Waals surface area contributed by atoms with Gasteiger partial charge in [-0.25, -0.2) is 4.98 Å². The zero-order valence-corrected chi connectivity index (χ0v) is 16.2. The predicted octanol–water partition coefficient (Wildman–Crippen LogP) is 4.06. The van der Waals surface area contributed by atoms with Gasteiger partial charge in [-0.1, -0.05) is 54.6 Å². The van der Waals surface area contributed by atoms with Gasteiger partial charge in [0.05, 0.1) is 24.2 Å². The summed E-state index contributed by atoms with van der Waals surface area (Å²) < 4.78 is 0. The molecule has 1 N–H and O–H groups in total. The summed E-state index contributed by atoms with van der Waals surface area (Å²) in [7, 11) is 0. The topological polar surface area (TPSA) is 49.3 Å². The molecule has 4 rings (SSSR count). The number of likely N-dealkylation sites (tertiary alicyclic amines) is 1. The Morgan fingerprint density at radius 3 is 2.57 bits per heavy atom. The second kappa shape index (κ2) is 9.09. The molecule has 1 aromatic heterocycles. The van der Waals surface area contributed by atoms with E-state index in [1.165, 1.54) is 24.9 Å². The van der Waals surface area contributed by atoms with Gasteiger partial charge in [-0.2, -0.15) is 0 Å². The number of aliphatic hydroxyl groups excluding tert-OH is 1. The van der Waals surface area contributed by atoms with Crippen molar-refractivity contribution in [2.45, 2.75) is 31.8 Å². The third-order valence-corrected chi connectivity index (χ3v) is 5.57. The van der Waals surface area contributed by atoms with E-state index in [-0.39, 0.29) is 6.61 Å². The number of benzene rings is 2. The first-order chi connectivity index (χ1) is 13.8. The molecule has 2 heterocycles. The molecule has 0 saturated carbocycles. The number of hydrogen-bond acceptors (Lipinski definition) is 4. The predicted molar refractivity (Wildman–Crippen MR) is 112 cm³/mol. The van der Waals surface area contributed by atoms with Crippen LogP contribution in [0.3, 0.4) is 0 Å². The van der Waals surface area contributed by atoms with Crippen molar-refractivity contribution < 1.29 is 5.11 Å². The van der Waals surface area contributed by atoms with Crippen molar-refractivity contribution >= 4 is 0 Å². The standard InChI is InChI=1S/C24H27N3O/c28-18-20-8-10-21(11-9-20)23-15-25-16-24(26-23)22-7-4-13-27(17-22)14-12-19-5-2-1-3-6-19/h1-3,5-6,8-11,15-16,22,28H,4,7,12-14,17-18H2/t22-/m0/s1. The largest absolute Gasteiger partial charge is 0.392 e. The number of hydrogen-bond donors (Lipinski definition) is 1. The third kappa shape index (κ3) is 4.64. The molecule has 1 fully saturated rings. The maximum Gasteiger partial charge on any atom is 0.0888 e. The van der Waals surface area contributed by atoms with E-state index >= 15 is 0 Å². The molecule has 0 bridgehead atoms. The lowest BCUT2D eigenvalue weighted by Crippen LogP contribution is -2.36. The van der Waals surface area contributed by atoms with Gasteiger partial charge in [0.1, 0.15) is 0 Å². The monoisotopic (exact) mass is 373 g/mol. The molecule has 2 aromatic carbocycles. The minimum absolute atomic E-state index is 0.0624. The van der Waals surface area contributed by atoms with Gasteiger partial charge in [0.25, 0.3) is 0 Å². The van der Waals surface area contributed by atoms with Crippen molar-refractivity contribution in [1.82, 2.24) is 14.9 Å². The fourth-order valence-corrected chi connectivity index (χ4v) is 3.93. The highest BCUT2D eigenvalue weighted by atomic mass is 16.3. The van der Waals surface area contributed by atoms with Crippen LogP contribution in [0.25, 0.3) is 11.3 Å². The maximum atomic E-state index is 9.22. The Labute approximate surface area is 166 Å². The first kappa shape index (κ1) is 18.8. The molecule has 0 amide bonds. The Bertz CT molecular complexity index is 880. The summed E-state index contributed by atoms with van der Waals surface area (Å²) in [6.45, 7) is 3.37. The summed E-state index contributed by atoms with van der Waals surface area (Å²) in [5, 5.41) is 9.22. The highest BCUT2D eigenvalue weighted by molar-refractivity contribution is 5.58. The molecule has 4 heteroatoms. The van der Waals surface area contributed by atoms with Crippen molar-refractivity contribution in [1.29, 1.82) is 0 Å². The van der Waals surface area contributed by atoms with E-state index in [0.29, 0.717) is 5.92 Å². The van der Waals surface area contributed by atoms with Crippen molar-refractivity contribution in [2.75, 3.05) is 19.6 Å². The van der Waals surface area contributed by atoms with E-state index in [4.69, 9.17) is 4.98 Å². The number of piperidine rings is 1. The van der Waals surface area contributed by atoms with Gasteiger partial charge in [0, 0.05) is 30.8 Å². The molecule has 0 unspecified atom stereocenters. The van der Waals surface area contributed by atoms with Gasteiger partial charge in [-0.15, -0.1) is 0 Å². The first-order valence-corrected chi connectivity index (χ1v) is 10.1. The number of nitrogens with zero attached hydrogens (tertiary/aromatic N) is 3. The summed E-state index contributed by atoms with van der Waals surface area (Å²) in [6.07, 6.45) is 7.22. The Hall–Kier alpha value is -2.56. The summed E-state index contributed by atoms with van der Waals surface area (Å²) in [4.78, 5) is 12.0. The van der Waals surface area contributed by atoms with E-state index in [0.717, 1.165) is 42.0 Å². The van der Waals surface area contributed by atoms with E-state index in [2.05, 4.69) is 40.2 Å². The molecule has 1 aliphatic heterocycles. The quantitative estimate of drug-likeness (QED) is 0.708. The SMILES string of the molecule is OCc1ccc(-c2cncc([C@H]3CCCN(CCc4ccccc4)C3)n2)cc1. The molecule has 1 atom stereocenters. The number of rotatable bonds is 6. The Kier molecular flexibility index (Phi) is 6.10. The van der Waals surface area contributed by atoms with Crippen molar-refractivity contribution in [3.05, 3.63) is 83.8 Å². The maximum absolute atomic E-state index is 9.22. The van der Waals surface area contributed by atoms with E-state index < -0.39 is 0 Å². The zero-order valence-electron chi connectivity index (χ0n) is 16.2. The minimum atomic E-state index is 0.0624. The van der Waals surface area contributed by atoms with Crippen LogP contribution in [0.1, 0.15) is 35.6 Å². The highest BCUT2D eigenvalue weighted by Crippen LogP contribution is 2.27. The minimum Gasteiger partial charge on any atom is -0.392 e. The van der Waals surface area contributed by atoms with Crippen molar-refractivity contribution in [3.8, 4) is 11.3 Å². The molecule has 0 aliphatic carbocycles. The van der Waals surface area contributed by atoms with Crippen LogP contribution in [-0.4, -0.2) is 39.6 Å². The second-order valence-corrected chi connectivity index (χ2v) is 7.56. The molecule has 1 aliphatic rings. The van der Waals surface area contributed by atoms with Gasteiger partial charge in [0.15, 0.2) is 0 Å². The summed E-state index contributed by atoms with van der Waals surface area (Å²) in [5.74, 6) is 0.439. The summed E-state index contributed by atoms with van der Waals surface area (Å²) >= 11 is 0. The average molecular weight is 374 g/mol. The van der Waals surface area contributed by atoms with Gasteiger partial charge in [-0.3, -0.25) is 4.98 Å². The van der Waals surface area contributed by atoms with Gasteiger partial charge < -0.3 is 10.0 Å². The first-order valence-electron chi connectivity index (χ1n) is 10.1. The van der Waals surface area contributed by atoms with Crippen LogP contribution in [0.4, 0.5) is 0 Å². The molecule has 0 spiro atoms. The summed E-state index contributed by atoms with van der Waals surface area (Å²) in [5.41, 5.74) is 5.35. The van der Waals surface area contributed by atoms with E-state index in [1.54, 1.807) is 0 Å². The zero-order chi connectivity index (χ0) is 19.2. The van der Waals surface area contributed by atoms with Crippen LogP contribution in [0.5, 0.6) is 0 Å². The molecular formula is C24H27N3O. The molecular weight excluding hydrogens is 346 g/mol. The van der Waals surface area contributed by atoms with Crippen LogP contribution in [0.15, 0.2) is 67.0 Å². The van der Waals surface area contributed by atoms with Crippen LogP contribution in [0, 0.1) is 0 Å². The molecule has 3 aromatic rings. The Balaban J connectivity index is 1.43. The molecule has 144 valence electrons. The second-order valence-electron chi connectivity index (χ2n) is 7.56. The van der Waals surface area contributed by atoms with Crippen LogP contribution < -0.4 is 0 Å². The normalized spacial score (nSPS) is 17.5. The average Bonchev–Trinajstić information content (AvgIpc) is 2.79. The van der Waals surface area contributed by atoms with Crippen molar-refractivity contribution in [2.24, 2.45) is 0 Å². The fraction of sp³-hybridized carbons (Fsp3) is 0.333. The van der Waals surface area contributed by atoms with Crippen LogP contribution >= 0.6 is 0 Å².